The molecule has 0 radical (unpaired) electrons. The molecular weight excluding hydrogens is 318 g/mol. The van der Waals surface area contributed by atoms with Crippen LogP contribution in [0.4, 0.5) is 0 Å². The zero-order valence-corrected chi connectivity index (χ0v) is 14.4. The van der Waals surface area contributed by atoms with Gasteiger partial charge in [0.2, 0.25) is 0 Å². The van der Waals surface area contributed by atoms with Crippen molar-refractivity contribution in [3.05, 3.63) is 59.2 Å². The van der Waals surface area contributed by atoms with Crippen molar-refractivity contribution < 1.29 is 14.3 Å². The van der Waals surface area contributed by atoms with Gasteiger partial charge in [-0.15, -0.1) is 0 Å². The highest BCUT2D eigenvalue weighted by atomic mass is 16.5. The van der Waals surface area contributed by atoms with Crippen LogP contribution in [0.3, 0.4) is 0 Å². The third-order valence-corrected chi connectivity index (χ3v) is 4.33. The molecule has 2 atom stereocenters. The Kier molecular flexibility index (Phi) is 5.07. The van der Waals surface area contributed by atoms with Crippen molar-refractivity contribution in [1.29, 1.82) is 0 Å². The SMILES string of the molecule is Cc1cnc(C(=O)O[C@@H](C)C(=O)N[C@@H]2CCCc3ccccc32)cn1. The highest BCUT2D eigenvalue weighted by Crippen LogP contribution is 2.29. The molecule has 2 aromatic rings. The molecule has 1 aromatic heterocycles. The molecule has 0 fully saturated rings. The minimum absolute atomic E-state index is 0.0437. The van der Waals surface area contributed by atoms with Crippen LogP contribution in [0.5, 0.6) is 0 Å². The maximum absolute atomic E-state index is 12.4. The molecule has 1 heterocycles. The topological polar surface area (TPSA) is 81.2 Å². The number of ether oxygens (including phenoxy) is 1. The van der Waals surface area contributed by atoms with Gasteiger partial charge in [0, 0.05) is 6.20 Å². The number of fused-ring (bicyclic) bond motifs is 1. The molecule has 0 saturated carbocycles. The van der Waals surface area contributed by atoms with E-state index in [-0.39, 0.29) is 17.6 Å². The lowest BCUT2D eigenvalue weighted by molar-refractivity contribution is -0.130. The Labute approximate surface area is 146 Å². The number of amides is 1. The molecule has 1 N–H and O–H groups in total. The fourth-order valence-electron chi connectivity index (χ4n) is 2.97. The Balaban J connectivity index is 1.62. The molecule has 1 aromatic carbocycles. The van der Waals surface area contributed by atoms with Gasteiger partial charge in [0.25, 0.3) is 5.91 Å². The van der Waals surface area contributed by atoms with Gasteiger partial charge in [-0.3, -0.25) is 9.78 Å². The monoisotopic (exact) mass is 339 g/mol. The van der Waals surface area contributed by atoms with E-state index >= 15 is 0 Å². The summed E-state index contributed by atoms with van der Waals surface area (Å²) in [6.45, 7) is 3.34. The summed E-state index contributed by atoms with van der Waals surface area (Å²) >= 11 is 0. The van der Waals surface area contributed by atoms with E-state index in [9.17, 15) is 9.59 Å². The number of aromatic nitrogens is 2. The Morgan fingerprint density at radius 1 is 1.24 bits per heavy atom. The van der Waals surface area contributed by atoms with Gasteiger partial charge in [-0.05, 0) is 44.2 Å². The molecule has 0 saturated heterocycles. The van der Waals surface area contributed by atoms with Crippen LogP contribution in [0.15, 0.2) is 36.7 Å². The van der Waals surface area contributed by atoms with Crippen molar-refractivity contribution in [2.24, 2.45) is 0 Å². The Bertz CT molecular complexity index is 774. The highest BCUT2D eigenvalue weighted by molar-refractivity contribution is 5.90. The molecule has 3 rings (SSSR count). The summed E-state index contributed by atoms with van der Waals surface area (Å²) in [5, 5.41) is 2.99. The van der Waals surface area contributed by atoms with E-state index in [4.69, 9.17) is 4.74 Å². The van der Waals surface area contributed by atoms with Crippen LogP contribution >= 0.6 is 0 Å². The van der Waals surface area contributed by atoms with Crippen LogP contribution in [0.2, 0.25) is 0 Å². The summed E-state index contributed by atoms with van der Waals surface area (Å²) < 4.78 is 5.21. The third kappa shape index (κ3) is 4.02. The van der Waals surface area contributed by atoms with Gasteiger partial charge in [0.15, 0.2) is 11.8 Å². The van der Waals surface area contributed by atoms with Crippen LogP contribution in [-0.2, 0) is 16.0 Å². The smallest absolute Gasteiger partial charge is 0.359 e. The minimum atomic E-state index is -0.898. The van der Waals surface area contributed by atoms with Crippen molar-refractivity contribution >= 4 is 11.9 Å². The summed E-state index contributed by atoms with van der Waals surface area (Å²) in [7, 11) is 0. The molecule has 6 heteroatoms. The van der Waals surface area contributed by atoms with Crippen LogP contribution in [0.25, 0.3) is 0 Å². The first-order valence-electron chi connectivity index (χ1n) is 8.42. The van der Waals surface area contributed by atoms with Gasteiger partial charge in [-0.2, -0.15) is 0 Å². The van der Waals surface area contributed by atoms with Gasteiger partial charge in [-0.25, -0.2) is 9.78 Å². The zero-order valence-electron chi connectivity index (χ0n) is 14.4. The number of hydrogen-bond donors (Lipinski definition) is 1. The lowest BCUT2D eigenvalue weighted by Gasteiger charge is -2.27. The number of carbonyl (C=O) groups excluding carboxylic acids is 2. The van der Waals surface area contributed by atoms with Gasteiger partial charge in [-0.1, -0.05) is 24.3 Å². The second-order valence-corrected chi connectivity index (χ2v) is 6.24. The quantitative estimate of drug-likeness (QED) is 0.866. The minimum Gasteiger partial charge on any atom is -0.448 e. The second kappa shape index (κ2) is 7.42. The number of carbonyl (C=O) groups is 2. The van der Waals surface area contributed by atoms with E-state index in [1.807, 2.05) is 18.2 Å². The predicted octanol–water partition coefficient (Wildman–Crippen LogP) is 2.52. The number of esters is 1. The van der Waals surface area contributed by atoms with Gasteiger partial charge < -0.3 is 10.1 Å². The molecule has 1 amide bonds. The van der Waals surface area contributed by atoms with E-state index in [0.717, 1.165) is 24.8 Å². The average Bonchev–Trinajstić information content (AvgIpc) is 2.62. The fraction of sp³-hybridized carbons (Fsp3) is 0.368. The second-order valence-electron chi connectivity index (χ2n) is 6.24. The summed E-state index contributed by atoms with van der Waals surface area (Å²) in [6, 6.07) is 8.07. The molecule has 0 spiro atoms. The standard InChI is InChI=1S/C19H21N3O3/c1-12-10-21-17(11-20-12)19(24)25-13(2)18(23)22-16-9-5-7-14-6-3-4-8-15(14)16/h3-4,6,8,10-11,13,16H,5,7,9H2,1-2H3,(H,22,23)/t13-,16+/m0/s1. The molecule has 0 bridgehead atoms. The first-order valence-corrected chi connectivity index (χ1v) is 8.42. The van der Waals surface area contributed by atoms with E-state index in [1.165, 1.54) is 18.0 Å². The van der Waals surface area contributed by atoms with E-state index in [0.29, 0.717) is 5.69 Å². The maximum atomic E-state index is 12.4. The van der Waals surface area contributed by atoms with Crippen molar-refractivity contribution in [1.82, 2.24) is 15.3 Å². The average molecular weight is 339 g/mol. The maximum Gasteiger partial charge on any atom is 0.359 e. The Hall–Kier alpha value is -2.76. The molecule has 0 unspecified atom stereocenters. The molecule has 1 aliphatic carbocycles. The summed E-state index contributed by atoms with van der Waals surface area (Å²) in [4.78, 5) is 32.4. The molecule has 25 heavy (non-hydrogen) atoms. The van der Waals surface area contributed by atoms with E-state index < -0.39 is 12.1 Å². The van der Waals surface area contributed by atoms with Crippen molar-refractivity contribution in [3.63, 3.8) is 0 Å². The molecule has 130 valence electrons. The first kappa shape index (κ1) is 17.1. The number of aryl methyl sites for hydroxylation is 2. The number of hydrogen-bond acceptors (Lipinski definition) is 5. The third-order valence-electron chi connectivity index (χ3n) is 4.33. The summed E-state index contributed by atoms with van der Waals surface area (Å²) in [5.41, 5.74) is 3.20. The van der Waals surface area contributed by atoms with Gasteiger partial charge >= 0.3 is 5.97 Å². The van der Waals surface area contributed by atoms with Crippen molar-refractivity contribution in [3.8, 4) is 0 Å². The number of rotatable bonds is 4. The van der Waals surface area contributed by atoms with Crippen molar-refractivity contribution in [2.75, 3.05) is 0 Å². The van der Waals surface area contributed by atoms with E-state index in [2.05, 4.69) is 21.4 Å². The largest absolute Gasteiger partial charge is 0.448 e. The lowest BCUT2D eigenvalue weighted by atomic mass is 9.87. The van der Waals surface area contributed by atoms with Crippen LogP contribution in [0.1, 0.15) is 53.1 Å². The number of benzene rings is 1. The highest BCUT2D eigenvalue weighted by Gasteiger charge is 2.25. The van der Waals surface area contributed by atoms with Crippen molar-refractivity contribution in [2.45, 2.75) is 45.3 Å². The number of nitrogens with one attached hydrogen (secondary N) is 1. The molecule has 0 aliphatic heterocycles. The number of nitrogens with zero attached hydrogens (tertiary/aromatic N) is 2. The van der Waals surface area contributed by atoms with Gasteiger partial charge in [0.05, 0.1) is 17.9 Å². The molecule has 6 nitrogen and oxygen atoms in total. The molecule has 1 aliphatic rings. The Morgan fingerprint density at radius 2 is 2.04 bits per heavy atom. The Morgan fingerprint density at radius 3 is 2.80 bits per heavy atom. The van der Waals surface area contributed by atoms with Crippen LogP contribution < -0.4 is 5.32 Å². The fourth-order valence-corrected chi connectivity index (χ4v) is 2.97. The first-order chi connectivity index (χ1) is 12.0. The zero-order chi connectivity index (χ0) is 17.8. The van der Waals surface area contributed by atoms with Gasteiger partial charge in [0.1, 0.15) is 0 Å². The summed E-state index contributed by atoms with van der Waals surface area (Å²) in [6.07, 6.45) is 4.87. The van der Waals surface area contributed by atoms with Crippen LogP contribution in [-0.4, -0.2) is 27.9 Å². The predicted molar refractivity (Wildman–Crippen MR) is 91.9 cm³/mol. The molecular formula is C19H21N3O3. The lowest BCUT2D eigenvalue weighted by Crippen LogP contribution is -2.39. The summed E-state index contributed by atoms with van der Waals surface area (Å²) in [5.74, 6) is -0.964. The normalized spacial score (nSPS) is 17.3. The van der Waals surface area contributed by atoms with E-state index in [1.54, 1.807) is 13.8 Å². The van der Waals surface area contributed by atoms with Crippen LogP contribution in [0, 0.1) is 6.92 Å².